The molecule has 0 radical (unpaired) electrons. The molecule has 1 aliphatic rings. The zero-order chi connectivity index (χ0) is 13.5. The minimum atomic E-state index is -0.917. The number of amides is 1. The molecule has 0 aromatic rings. The molecular weight excluding hydrogens is 232 g/mol. The number of carbonyl (C=O) groups is 2. The van der Waals surface area contributed by atoms with Crippen molar-refractivity contribution in [2.75, 3.05) is 6.54 Å². The summed E-state index contributed by atoms with van der Waals surface area (Å²) in [4.78, 5) is 22.0. The molecule has 5 heteroatoms. The van der Waals surface area contributed by atoms with E-state index in [1.54, 1.807) is 0 Å². The van der Waals surface area contributed by atoms with E-state index in [2.05, 4.69) is 12.2 Å². The van der Waals surface area contributed by atoms with Crippen LogP contribution in [0.1, 0.15) is 45.4 Å². The number of nitrogens with two attached hydrogens (primary N) is 1. The molecule has 1 fully saturated rings. The first-order valence-corrected chi connectivity index (χ1v) is 6.74. The molecule has 5 nitrogen and oxygen atoms in total. The van der Waals surface area contributed by atoms with Crippen molar-refractivity contribution in [1.29, 1.82) is 0 Å². The minimum absolute atomic E-state index is 0.0600. The van der Waals surface area contributed by atoms with E-state index in [0.717, 1.165) is 18.8 Å². The van der Waals surface area contributed by atoms with Crippen molar-refractivity contribution in [3.8, 4) is 0 Å². The van der Waals surface area contributed by atoms with E-state index >= 15 is 0 Å². The highest BCUT2D eigenvalue weighted by Crippen LogP contribution is 2.27. The number of carboxylic acids is 1. The Labute approximate surface area is 108 Å². The highest BCUT2D eigenvalue weighted by Gasteiger charge is 2.20. The molecule has 1 aliphatic carbocycles. The van der Waals surface area contributed by atoms with Crippen LogP contribution in [0.25, 0.3) is 0 Å². The zero-order valence-electron chi connectivity index (χ0n) is 11.0. The molecule has 104 valence electrons. The van der Waals surface area contributed by atoms with Crippen LogP contribution < -0.4 is 11.1 Å². The lowest BCUT2D eigenvalue weighted by molar-refractivity contribution is -0.137. The Hall–Kier alpha value is -1.10. The Bertz CT molecular complexity index is 286. The van der Waals surface area contributed by atoms with Crippen molar-refractivity contribution in [2.45, 2.75) is 51.5 Å². The van der Waals surface area contributed by atoms with E-state index in [1.165, 1.54) is 12.8 Å². The lowest BCUT2D eigenvalue weighted by atomic mass is 9.83. The Balaban J connectivity index is 2.17. The zero-order valence-corrected chi connectivity index (χ0v) is 11.0. The summed E-state index contributed by atoms with van der Waals surface area (Å²) >= 11 is 0. The Morgan fingerprint density at radius 3 is 2.50 bits per heavy atom. The summed E-state index contributed by atoms with van der Waals surface area (Å²) in [6, 6.07) is -0.705. The average molecular weight is 256 g/mol. The van der Waals surface area contributed by atoms with Crippen LogP contribution in [-0.4, -0.2) is 29.6 Å². The van der Waals surface area contributed by atoms with E-state index in [0.29, 0.717) is 12.5 Å². The van der Waals surface area contributed by atoms with Crippen LogP contribution in [0.15, 0.2) is 0 Å². The number of hydrogen-bond acceptors (Lipinski definition) is 3. The largest absolute Gasteiger partial charge is 0.481 e. The van der Waals surface area contributed by atoms with Gasteiger partial charge in [0.25, 0.3) is 0 Å². The molecule has 1 rings (SSSR count). The molecule has 1 saturated carbocycles. The molecule has 4 N–H and O–H groups in total. The Morgan fingerprint density at radius 1 is 1.33 bits per heavy atom. The standard InChI is InChI=1S/C13H24N2O3/c1-9-2-4-10(5-3-9)8-15-13(18)11(14)6-7-12(16)17/h9-11H,2-8,14H2,1H3,(H,15,18)(H,16,17). The first-order valence-electron chi connectivity index (χ1n) is 6.74. The van der Waals surface area contributed by atoms with Gasteiger partial charge in [0.2, 0.25) is 5.91 Å². The monoisotopic (exact) mass is 256 g/mol. The third kappa shape index (κ3) is 5.49. The predicted molar refractivity (Wildman–Crippen MR) is 69.0 cm³/mol. The minimum Gasteiger partial charge on any atom is -0.481 e. The third-order valence-corrected chi connectivity index (χ3v) is 3.71. The van der Waals surface area contributed by atoms with Crippen LogP contribution >= 0.6 is 0 Å². The van der Waals surface area contributed by atoms with Crippen LogP contribution in [-0.2, 0) is 9.59 Å². The molecule has 1 amide bonds. The summed E-state index contributed by atoms with van der Waals surface area (Å²) < 4.78 is 0. The first-order chi connectivity index (χ1) is 8.49. The summed E-state index contributed by atoms with van der Waals surface area (Å²) in [5.41, 5.74) is 5.63. The van der Waals surface area contributed by atoms with Crippen molar-refractivity contribution in [3.05, 3.63) is 0 Å². The van der Waals surface area contributed by atoms with Gasteiger partial charge in [-0.3, -0.25) is 9.59 Å². The number of aliphatic carboxylic acids is 1. The summed E-state index contributed by atoms with van der Waals surface area (Å²) in [6.45, 7) is 2.93. The van der Waals surface area contributed by atoms with Crippen LogP contribution in [0.4, 0.5) is 0 Å². The molecule has 0 aromatic carbocycles. The van der Waals surface area contributed by atoms with Gasteiger partial charge in [-0.25, -0.2) is 0 Å². The molecule has 0 spiro atoms. The van der Waals surface area contributed by atoms with Crippen molar-refractivity contribution in [2.24, 2.45) is 17.6 Å². The van der Waals surface area contributed by atoms with Crippen LogP contribution in [0.2, 0.25) is 0 Å². The molecule has 1 unspecified atom stereocenters. The smallest absolute Gasteiger partial charge is 0.303 e. The van der Waals surface area contributed by atoms with Crippen molar-refractivity contribution < 1.29 is 14.7 Å². The summed E-state index contributed by atoms with van der Waals surface area (Å²) in [6.07, 6.45) is 4.91. The lowest BCUT2D eigenvalue weighted by Crippen LogP contribution is -2.43. The van der Waals surface area contributed by atoms with Crippen molar-refractivity contribution >= 4 is 11.9 Å². The number of nitrogens with one attached hydrogen (secondary N) is 1. The SMILES string of the molecule is CC1CCC(CNC(=O)C(N)CCC(=O)O)CC1. The normalized spacial score (nSPS) is 25.4. The summed E-state index contributed by atoms with van der Waals surface area (Å²) in [7, 11) is 0. The Kier molecular flexibility index (Phi) is 6.12. The maximum absolute atomic E-state index is 11.6. The summed E-state index contributed by atoms with van der Waals surface area (Å²) in [5, 5.41) is 11.3. The highest BCUT2D eigenvalue weighted by atomic mass is 16.4. The van der Waals surface area contributed by atoms with Crippen molar-refractivity contribution in [3.63, 3.8) is 0 Å². The molecule has 0 aliphatic heterocycles. The predicted octanol–water partition coefficient (Wildman–Crippen LogP) is 1.12. The van der Waals surface area contributed by atoms with E-state index in [1.807, 2.05) is 0 Å². The van der Waals surface area contributed by atoms with Gasteiger partial charge in [-0.15, -0.1) is 0 Å². The number of carbonyl (C=O) groups excluding carboxylic acids is 1. The second kappa shape index (κ2) is 7.36. The Morgan fingerprint density at radius 2 is 1.94 bits per heavy atom. The van der Waals surface area contributed by atoms with Crippen LogP contribution in [0, 0.1) is 11.8 Å². The van der Waals surface area contributed by atoms with Crippen molar-refractivity contribution in [1.82, 2.24) is 5.32 Å². The van der Waals surface area contributed by atoms with E-state index in [-0.39, 0.29) is 18.7 Å². The molecule has 18 heavy (non-hydrogen) atoms. The van der Waals surface area contributed by atoms with Gasteiger partial charge in [0.05, 0.1) is 6.04 Å². The van der Waals surface area contributed by atoms with E-state index in [4.69, 9.17) is 10.8 Å². The maximum atomic E-state index is 11.6. The number of hydrogen-bond donors (Lipinski definition) is 3. The molecule has 0 saturated heterocycles. The lowest BCUT2D eigenvalue weighted by Gasteiger charge is -2.26. The van der Waals surface area contributed by atoms with Gasteiger partial charge >= 0.3 is 5.97 Å². The molecule has 0 aromatic heterocycles. The first kappa shape index (κ1) is 15.0. The van der Waals surface area contributed by atoms with E-state index < -0.39 is 12.0 Å². The van der Waals surface area contributed by atoms with Crippen LogP contribution in [0.3, 0.4) is 0 Å². The van der Waals surface area contributed by atoms with Crippen LogP contribution in [0.5, 0.6) is 0 Å². The van der Waals surface area contributed by atoms with Gasteiger partial charge in [-0.05, 0) is 31.1 Å². The van der Waals surface area contributed by atoms with Gasteiger partial charge < -0.3 is 16.2 Å². The molecular formula is C13H24N2O3. The summed E-state index contributed by atoms with van der Waals surface area (Å²) in [5.74, 6) is 0.209. The highest BCUT2D eigenvalue weighted by molar-refractivity contribution is 5.82. The van der Waals surface area contributed by atoms with Gasteiger partial charge in [0, 0.05) is 13.0 Å². The quantitative estimate of drug-likeness (QED) is 0.664. The average Bonchev–Trinajstić information content (AvgIpc) is 2.34. The fourth-order valence-electron chi connectivity index (χ4n) is 2.32. The molecule has 0 bridgehead atoms. The molecule has 1 atom stereocenters. The second-order valence-electron chi connectivity index (χ2n) is 5.41. The third-order valence-electron chi connectivity index (χ3n) is 3.71. The van der Waals surface area contributed by atoms with Gasteiger partial charge in [-0.2, -0.15) is 0 Å². The topological polar surface area (TPSA) is 92.4 Å². The number of rotatable bonds is 6. The fraction of sp³-hybridized carbons (Fsp3) is 0.846. The van der Waals surface area contributed by atoms with Gasteiger partial charge in [-0.1, -0.05) is 19.8 Å². The van der Waals surface area contributed by atoms with Gasteiger partial charge in [0.1, 0.15) is 0 Å². The van der Waals surface area contributed by atoms with Gasteiger partial charge in [0.15, 0.2) is 0 Å². The molecule has 0 heterocycles. The maximum Gasteiger partial charge on any atom is 0.303 e. The second-order valence-corrected chi connectivity index (χ2v) is 5.41. The number of carboxylic acid groups (broad SMARTS) is 1. The fourth-order valence-corrected chi connectivity index (χ4v) is 2.32. The van der Waals surface area contributed by atoms with E-state index in [9.17, 15) is 9.59 Å².